The van der Waals surface area contributed by atoms with Crippen molar-refractivity contribution in [1.82, 2.24) is 0 Å². The van der Waals surface area contributed by atoms with Crippen LogP contribution >= 0.6 is 0 Å². The quantitative estimate of drug-likeness (QED) is 0.675. The van der Waals surface area contributed by atoms with E-state index in [1.165, 1.54) is 0 Å². The van der Waals surface area contributed by atoms with Crippen LogP contribution in [-0.2, 0) is 0 Å². The van der Waals surface area contributed by atoms with Crippen molar-refractivity contribution in [3.63, 3.8) is 0 Å². The Morgan fingerprint density at radius 1 is 0.739 bits per heavy atom. The van der Waals surface area contributed by atoms with E-state index in [-0.39, 0.29) is 5.43 Å². The summed E-state index contributed by atoms with van der Waals surface area (Å²) in [6.07, 6.45) is 0. The fraction of sp³-hybridized carbons (Fsp3) is 0.316. The summed E-state index contributed by atoms with van der Waals surface area (Å²) in [4.78, 5) is 12.0. The summed E-state index contributed by atoms with van der Waals surface area (Å²) in [7, 11) is 0. The highest BCUT2D eigenvalue weighted by molar-refractivity contribution is 5.89. The minimum atomic E-state index is -1.01. The predicted molar refractivity (Wildman–Crippen MR) is 92.6 cm³/mol. The molecule has 0 saturated carbocycles. The van der Waals surface area contributed by atoms with Crippen LogP contribution in [0.15, 0.2) is 57.7 Å². The molecule has 2 aromatic carbocycles. The van der Waals surface area contributed by atoms with E-state index in [0.29, 0.717) is 21.9 Å². The molecule has 0 bridgehead atoms. The van der Waals surface area contributed by atoms with Crippen LogP contribution in [0, 0.1) is 0 Å². The molecule has 0 amide bonds. The lowest BCUT2D eigenvalue weighted by atomic mass is 9.90. The first-order chi connectivity index (χ1) is 10.6. The normalized spacial score (nSPS) is 12.1. The van der Waals surface area contributed by atoms with Gasteiger partial charge < -0.3 is 14.6 Å². The van der Waals surface area contributed by atoms with E-state index in [2.05, 4.69) is 0 Å². The van der Waals surface area contributed by atoms with Gasteiger partial charge in [0.2, 0.25) is 5.43 Å². The Morgan fingerprint density at radius 3 is 1.43 bits per heavy atom. The molecule has 2 N–H and O–H groups in total. The fourth-order valence-electron chi connectivity index (χ4n) is 1.75. The molecule has 0 atom stereocenters. The number of rotatable bonds is 1. The third kappa shape index (κ3) is 3.78. The molecule has 0 aliphatic heterocycles. The topological polar surface area (TPSA) is 70.7 Å². The van der Waals surface area contributed by atoms with Crippen molar-refractivity contribution in [2.45, 2.75) is 38.9 Å². The number of benzene rings is 2. The molecule has 3 rings (SSSR count). The van der Waals surface area contributed by atoms with E-state index in [1.807, 2.05) is 36.4 Å². The maximum Gasteiger partial charge on any atom is 0.200 e. The maximum absolute atomic E-state index is 12.0. The molecule has 1 heterocycles. The summed E-state index contributed by atoms with van der Waals surface area (Å²) >= 11 is 0. The van der Waals surface area contributed by atoms with Crippen molar-refractivity contribution in [2.75, 3.05) is 0 Å². The minimum absolute atomic E-state index is 0.0347. The first-order valence-electron chi connectivity index (χ1n) is 7.46. The van der Waals surface area contributed by atoms with E-state index in [1.54, 1.807) is 39.8 Å². The fourth-order valence-corrected chi connectivity index (χ4v) is 1.75. The predicted octanol–water partition coefficient (Wildman–Crippen LogP) is 3.47. The third-order valence-electron chi connectivity index (χ3n) is 3.98. The molecule has 0 radical (unpaired) electrons. The van der Waals surface area contributed by atoms with E-state index in [4.69, 9.17) is 14.6 Å². The number of hydrogen-bond donors (Lipinski definition) is 2. The molecule has 122 valence electrons. The molecular weight excluding hydrogens is 292 g/mol. The number of para-hydroxylation sites is 2. The Morgan fingerprint density at radius 2 is 1.09 bits per heavy atom. The lowest BCUT2D eigenvalue weighted by Gasteiger charge is -2.31. The van der Waals surface area contributed by atoms with Crippen LogP contribution in [0.3, 0.4) is 0 Å². The van der Waals surface area contributed by atoms with Gasteiger partial charge in [0.1, 0.15) is 11.2 Å². The van der Waals surface area contributed by atoms with Crippen molar-refractivity contribution >= 4 is 21.9 Å². The Hall–Kier alpha value is -2.17. The van der Waals surface area contributed by atoms with Gasteiger partial charge in [0.15, 0.2) is 0 Å². The highest BCUT2D eigenvalue weighted by Crippen LogP contribution is 2.19. The molecule has 4 nitrogen and oxygen atoms in total. The van der Waals surface area contributed by atoms with Crippen molar-refractivity contribution in [3.8, 4) is 0 Å². The number of fused-ring (bicyclic) bond motifs is 2. The lowest BCUT2D eigenvalue weighted by Crippen LogP contribution is -2.44. The van der Waals surface area contributed by atoms with E-state index >= 15 is 0 Å². The van der Waals surface area contributed by atoms with Gasteiger partial charge in [-0.3, -0.25) is 4.79 Å². The second-order valence-corrected chi connectivity index (χ2v) is 6.54. The van der Waals surface area contributed by atoms with Gasteiger partial charge in [-0.1, -0.05) is 24.3 Å². The van der Waals surface area contributed by atoms with Crippen LogP contribution in [-0.4, -0.2) is 21.4 Å². The molecule has 0 fully saturated rings. The molecular formula is C19H22O4. The standard InChI is InChI=1S/C13H8O2.C6H14O2/c14-13-9-5-1-3-7-11(9)15-12-8-4-2-6-10(12)13;1-5(2,7)6(3,4)8/h1-8H;7-8H,1-4H3. The highest BCUT2D eigenvalue weighted by Gasteiger charge is 2.31. The Bertz CT molecular complexity index is 795. The van der Waals surface area contributed by atoms with Gasteiger partial charge in [-0.05, 0) is 52.0 Å². The molecule has 1 aromatic heterocycles. The molecule has 3 aromatic rings. The van der Waals surface area contributed by atoms with Gasteiger partial charge in [-0.2, -0.15) is 0 Å². The Kier molecular flexibility index (Phi) is 4.59. The molecule has 0 aliphatic carbocycles. The van der Waals surface area contributed by atoms with Crippen LogP contribution in [0.5, 0.6) is 0 Å². The Labute approximate surface area is 135 Å². The second kappa shape index (κ2) is 6.14. The van der Waals surface area contributed by atoms with E-state index in [9.17, 15) is 4.79 Å². The van der Waals surface area contributed by atoms with Crippen LogP contribution in [0.4, 0.5) is 0 Å². The zero-order valence-electron chi connectivity index (χ0n) is 13.8. The summed E-state index contributed by atoms with van der Waals surface area (Å²) in [5, 5.41) is 19.5. The second-order valence-electron chi connectivity index (χ2n) is 6.54. The summed E-state index contributed by atoms with van der Waals surface area (Å²) in [6, 6.07) is 14.6. The summed E-state index contributed by atoms with van der Waals surface area (Å²) in [5.74, 6) is 0. The first kappa shape index (κ1) is 17.2. The SMILES string of the molecule is CC(C)(O)C(C)(C)O.O=c1c2ccccc2oc2ccccc12. The third-order valence-corrected chi connectivity index (χ3v) is 3.98. The van der Waals surface area contributed by atoms with Crippen LogP contribution in [0.2, 0.25) is 0 Å². The van der Waals surface area contributed by atoms with Gasteiger partial charge in [0.05, 0.1) is 22.0 Å². The van der Waals surface area contributed by atoms with Gasteiger partial charge in [0.25, 0.3) is 0 Å². The number of aliphatic hydroxyl groups is 2. The average molecular weight is 314 g/mol. The van der Waals surface area contributed by atoms with Crippen LogP contribution < -0.4 is 5.43 Å². The smallest absolute Gasteiger partial charge is 0.200 e. The van der Waals surface area contributed by atoms with Gasteiger partial charge in [-0.25, -0.2) is 0 Å². The number of hydrogen-bond acceptors (Lipinski definition) is 4. The highest BCUT2D eigenvalue weighted by atomic mass is 16.3. The van der Waals surface area contributed by atoms with Gasteiger partial charge >= 0.3 is 0 Å². The summed E-state index contributed by atoms with van der Waals surface area (Å²) < 4.78 is 5.63. The van der Waals surface area contributed by atoms with Crippen molar-refractivity contribution in [3.05, 3.63) is 58.8 Å². The van der Waals surface area contributed by atoms with Crippen LogP contribution in [0.25, 0.3) is 21.9 Å². The molecule has 23 heavy (non-hydrogen) atoms. The van der Waals surface area contributed by atoms with Crippen molar-refractivity contribution < 1.29 is 14.6 Å². The Balaban J connectivity index is 0.000000207. The first-order valence-corrected chi connectivity index (χ1v) is 7.46. The summed E-state index contributed by atoms with van der Waals surface area (Å²) in [6.45, 7) is 6.31. The average Bonchev–Trinajstić information content (AvgIpc) is 2.46. The lowest BCUT2D eigenvalue weighted by molar-refractivity contribution is -0.107. The largest absolute Gasteiger partial charge is 0.456 e. The van der Waals surface area contributed by atoms with E-state index in [0.717, 1.165) is 0 Å². The molecule has 4 heteroatoms. The molecule has 0 spiro atoms. The van der Waals surface area contributed by atoms with Gasteiger partial charge in [-0.15, -0.1) is 0 Å². The van der Waals surface area contributed by atoms with Crippen LogP contribution in [0.1, 0.15) is 27.7 Å². The maximum atomic E-state index is 12.0. The monoisotopic (exact) mass is 314 g/mol. The van der Waals surface area contributed by atoms with Crippen molar-refractivity contribution in [1.29, 1.82) is 0 Å². The van der Waals surface area contributed by atoms with Gasteiger partial charge in [0, 0.05) is 0 Å². The summed E-state index contributed by atoms with van der Waals surface area (Å²) in [5.41, 5.74) is -0.699. The zero-order chi connectivity index (χ0) is 17.3. The van der Waals surface area contributed by atoms with E-state index < -0.39 is 11.2 Å². The minimum Gasteiger partial charge on any atom is -0.456 e. The zero-order valence-corrected chi connectivity index (χ0v) is 13.8. The molecule has 0 saturated heterocycles. The molecule has 0 aliphatic rings. The van der Waals surface area contributed by atoms with Crippen molar-refractivity contribution in [2.24, 2.45) is 0 Å². The molecule has 0 unspecified atom stereocenters.